The van der Waals surface area contributed by atoms with Crippen LogP contribution in [0.5, 0.6) is 0 Å². The molecule has 0 aliphatic rings. The van der Waals surface area contributed by atoms with E-state index in [4.69, 9.17) is 11.2 Å². The molecule has 2 rings (SSSR count). The fourth-order valence-electron chi connectivity index (χ4n) is 2.44. The van der Waals surface area contributed by atoms with Gasteiger partial charge in [-0.2, -0.15) is 0 Å². The minimum absolute atomic E-state index is 0.226. The molecule has 1 amide bonds. The Kier molecular flexibility index (Phi) is 5.97. The number of methoxy groups -OCH3 is 1. The maximum absolute atomic E-state index is 12.3. The summed E-state index contributed by atoms with van der Waals surface area (Å²) in [6.07, 6.45) is 5.56. The number of benzene rings is 2. The van der Waals surface area contributed by atoms with Crippen LogP contribution in [-0.4, -0.2) is 25.5 Å². The first kappa shape index (κ1) is 18.3. The highest BCUT2D eigenvalue weighted by Gasteiger charge is 2.18. The number of amides is 1. The summed E-state index contributed by atoms with van der Waals surface area (Å²) in [6.45, 7) is 4.59. The van der Waals surface area contributed by atoms with Gasteiger partial charge >= 0.3 is 5.97 Å². The Balaban J connectivity index is 2.50. The summed E-state index contributed by atoms with van der Waals surface area (Å²) in [7, 11) is 1.31. The second kappa shape index (κ2) is 8.16. The molecule has 128 valence electrons. The van der Waals surface area contributed by atoms with E-state index in [1.165, 1.54) is 7.11 Å². The van der Waals surface area contributed by atoms with Crippen molar-refractivity contribution in [1.29, 1.82) is 0 Å². The van der Waals surface area contributed by atoms with Crippen LogP contribution < -0.4 is 5.32 Å². The molecule has 0 bridgehead atoms. The zero-order valence-corrected chi connectivity index (χ0v) is 14.6. The predicted octanol–water partition coefficient (Wildman–Crippen LogP) is 3.51. The lowest BCUT2D eigenvalue weighted by atomic mass is 9.94. The van der Waals surface area contributed by atoms with Gasteiger partial charge in [0, 0.05) is 17.7 Å². The molecule has 1 N–H and O–H groups in total. The Morgan fingerprint density at radius 1 is 1.16 bits per heavy atom. The fourth-order valence-corrected chi connectivity index (χ4v) is 2.44. The van der Waals surface area contributed by atoms with E-state index in [-0.39, 0.29) is 5.91 Å². The van der Waals surface area contributed by atoms with Gasteiger partial charge in [0.2, 0.25) is 0 Å². The number of nitrogens with one attached hydrogen (secondary N) is 1. The van der Waals surface area contributed by atoms with Crippen molar-refractivity contribution >= 4 is 11.9 Å². The highest BCUT2D eigenvalue weighted by atomic mass is 16.5. The van der Waals surface area contributed by atoms with Gasteiger partial charge in [-0.25, -0.2) is 4.79 Å². The van der Waals surface area contributed by atoms with Gasteiger partial charge in [0.1, 0.15) is 0 Å². The van der Waals surface area contributed by atoms with Crippen LogP contribution in [0.3, 0.4) is 0 Å². The first-order valence-corrected chi connectivity index (χ1v) is 8.04. The third-order valence-corrected chi connectivity index (χ3v) is 3.73. The molecule has 0 aliphatic carbocycles. The van der Waals surface area contributed by atoms with Crippen molar-refractivity contribution in [2.75, 3.05) is 13.7 Å². The van der Waals surface area contributed by atoms with Gasteiger partial charge in [-0.1, -0.05) is 44.0 Å². The lowest BCUT2D eigenvalue weighted by Crippen LogP contribution is -2.27. The van der Waals surface area contributed by atoms with Crippen LogP contribution in [0.15, 0.2) is 42.5 Å². The summed E-state index contributed by atoms with van der Waals surface area (Å²) >= 11 is 0. The lowest BCUT2D eigenvalue weighted by Gasteiger charge is -2.13. The van der Waals surface area contributed by atoms with Crippen molar-refractivity contribution in [3.8, 4) is 23.5 Å². The molecule has 0 unspecified atom stereocenters. The third kappa shape index (κ3) is 4.27. The first-order valence-electron chi connectivity index (χ1n) is 8.04. The monoisotopic (exact) mass is 335 g/mol. The molecule has 0 saturated carbocycles. The Labute approximate surface area is 148 Å². The molecule has 2 aromatic carbocycles. The largest absolute Gasteiger partial charge is 0.465 e. The van der Waals surface area contributed by atoms with Crippen molar-refractivity contribution < 1.29 is 14.3 Å². The molecule has 2 aromatic rings. The molecule has 0 aromatic heterocycles. The zero-order valence-electron chi connectivity index (χ0n) is 14.6. The molecule has 0 fully saturated rings. The van der Waals surface area contributed by atoms with E-state index in [0.717, 1.165) is 5.56 Å². The smallest absolute Gasteiger partial charge is 0.338 e. The minimum Gasteiger partial charge on any atom is -0.465 e. The number of rotatable bonds is 5. The molecular weight excluding hydrogens is 314 g/mol. The Morgan fingerprint density at radius 2 is 1.88 bits per heavy atom. The van der Waals surface area contributed by atoms with Crippen molar-refractivity contribution in [2.45, 2.75) is 13.8 Å². The zero-order chi connectivity index (χ0) is 18.4. The van der Waals surface area contributed by atoms with Crippen LogP contribution in [0.25, 0.3) is 11.1 Å². The van der Waals surface area contributed by atoms with E-state index in [1.807, 2.05) is 32.0 Å². The Hall–Kier alpha value is -3.06. The maximum atomic E-state index is 12.3. The van der Waals surface area contributed by atoms with Crippen LogP contribution in [0.1, 0.15) is 40.1 Å². The molecule has 0 saturated heterocycles. The Bertz CT molecular complexity index is 831. The molecular formula is C21H21NO3. The van der Waals surface area contributed by atoms with Crippen LogP contribution in [0.2, 0.25) is 0 Å². The van der Waals surface area contributed by atoms with Gasteiger partial charge in [0.05, 0.1) is 12.7 Å². The fraction of sp³-hybridized carbons (Fsp3) is 0.238. The summed E-state index contributed by atoms with van der Waals surface area (Å²) in [5.74, 6) is 2.22. The van der Waals surface area contributed by atoms with E-state index in [2.05, 4.69) is 11.2 Å². The minimum atomic E-state index is -0.514. The molecule has 25 heavy (non-hydrogen) atoms. The average molecular weight is 335 g/mol. The van der Waals surface area contributed by atoms with Crippen molar-refractivity contribution in [2.24, 2.45) is 5.92 Å². The van der Waals surface area contributed by atoms with E-state index >= 15 is 0 Å². The van der Waals surface area contributed by atoms with Crippen LogP contribution in [-0.2, 0) is 4.74 Å². The molecule has 4 nitrogen and oxygen atoms in total. The normalized spacial score (nSPS) is 10.2. The number of ether oxygens (including phenoxy) is 1. The number of hydrogen-bond acceptors (Lipinski definition) is 3. The Morgan fingerprint density at radius 3 is 2.52 bits per heavy atom. The maximum Gasteiger partial charge on any atom is 0.338 e. The van der Waals surface area contributed by atoms with Crippen LogP contribution >= 0.6 is 0 Å². The van der Waals surface area contributed by atoms with Gasteiger partial charge in [0.15, 0.2) is 0 Å². The number of terminal acetylenes is 1. The topological polar surface area (TPSA) is 55.4 Å². The molecule has 0 aliphatic heterocycles. The lowest BCUT2D eigenvalue weighted by molar-refractivity contribution is 0.0601. The van der Waals surface area contributed by atoms with Crippen molar-refractivity contribution in [3.05, 3.63) is 59.2 Å². The quantitative estimate of drug-likeness (QED) is 0.672. The number of carbonyl (C=O) groups excluding carboxylic acids is 2. The molecule has 0 radical (unpaired) electrons. The van der Waals surface area contributed by atoms with E-state index in [9.17, 15) is 9.59 Å². The highest BCUT2D eigenvalue weighted by molar-refractivity contribution is 6.02. The van der Waals surface area contributed by atoms with E-state index in [0.29, 0.717) is 34.7 Å². The number of hydrogen-bond donors (Lipinski definition) is 1. The van der Waals surface area contributed by atoms with E-state index in [1.54, 1.807) is 24.3 Å². The van der Waals surface area contributed by atoms with Gasteiger partial charge in [-0.3, -0.25) is 4.79 Å². The second-order valence-electron chi connectivity index (χ2n) is 6.05. The van der Waals surface area contributed by atoms with Crippen LogP contribution in [0, 0.1) is 18.3 Å². The summed E-state index contributed by atoms with van der Waals surface area (Å²) in [5, 5.41) is 2.84. The summed E-state index contributed by atoms with van der Waals surface area (Å²) in [6, 6.07) is 12.3. The van der Waals surface area contributed by atoms with Crippen LogP contribution in [0.4, 0.5) is 0 Å². The van der Waals surface area contributed by atoms with Gasteiger partial charge < -0.3 is 10.1 Å². The molecule has 4 heteroatoms. The van der Waals surface area contributed by atoms with Crippen molar-refractivity contribution in [1.82, 2.24) is 5.32 Å². The molecule has 0 atom stereocenters. The predicted molar refractivity (Wildman–Crippen MR) is 98.3 cm³/mol. The van der Waals surface area contributed by atoms with Crippen molar-refractivity contribution in [3.63, 3.8) is 0 Å². The third-order valence-electron chi connectivity index (χ3n) is 3.73. The number of esters is 1. The van der Waals surface area contributed by atoms with E-state index < -0.39 is 5.97 Å². The molecule has 0 spiro atoms. The SMILES string of the molecule is C#Cc1ccccc1-c1ccc(C(=O)NCC(C)C)cc1C(=O)OC. The molecule has 0 heterocycles. The second-order valence-corrected chi connectivity index (χ2v) is 6.05. The first-order chi connectivity index (χ1) is 12.0. The summed E-state index contributed by atoms with van der Waals surface area (Å²) in [5.41, 5.74) is 2.77. The van der Waals surface area contributed by atoms with Gasteiger partial charge in [-0.05, 0) is 35.2 Å². The number of carbonyl (C=O) groups is 2. The summed E-state index contributed by atoms with van der Waals surface area (Å²) < 4.78 is 4.88. The summed E-state index contributed by atoms with van der Waals surface area (Å²) in [4.78, 5) is 24.5. The van der Waals surface area contributed by atoms with Gasteiger partial charge in [0.25, 0.3) is 5.91 Å². The highest BCUT2D eigenvalue weighted by Crippen LogP contribution is 2.28. The average Bonchev–Trinajstić information content (AvgIpc) is 2.64. The standard InChI is InChI=1S/C21H21NO3/c1-5-15-8-6-7-9-17(15)18-11-10-16(12-19(18)21(24)25-4)20(23)22-13-14(2)3/h1,6-12,14H,13H2,2-4H3,(H,22,23). The van der Waals surface area contributed by atoms with Gasteiger partial charge in [-0.15, -0.1) is 6.42 Å².